The number of nitrogens with one attached hydrogen (secondary N) is 1. The Kier molecular flexibility index (Phi) is 2.10. The zero-order valence-electron chi connectivity index (χ0n) is 7.50. The van der Waals surface area contributed by atoms with Crippen LogP contribution in [0.2, 0.25) is 0 Å². The van der Waals surface area contributed by atoms with Crippen molar-refractivity contribution in [2.45, 2.75) is 18.5 Å². The molecule has 0 saturated heterocycles. The van der Waals surface area contributed by atoms with Gasteiger partial charge in [-0.1, -0.05) is 6.07 Å². The zero-order chi connectivity index (χ0) is 10.1. The van der Waals surface area contributed by atoms with Gasteiger partial charge in [0.1, 0.15) is 17.4 Å². The minimum atomic E-state index is -0.494. The third-order valence-corrected chi connectivity index (χ3v) is 2.31. The molecule has 14 heavy (non-hydrogen) atoms. The van der Waals surface area contributed by atoms with Crippen LogP contribution in [0.15, 0.2) is 18.2 Å². The highest BCUT2D eigenvalue weighted by molar-refractivity contribution is 5.59. The molecular formula is C10H10FN3. The molecule has 1 aliphatic carbocycles. The highest BCUT2D eigenvalue weighted by atomic mass is 19.1. The minimum absolute atomic E-state index is 0.0617. The molecule has 0 radical (unpaired) electrons. The van der Waals surface area contributed by atoms with Crippen LogP contribution >= 0.6 is 0 Å². The van der Waals surface area contributed by atoms with E-state index in [1.165, 1.54) is 6.07 Å². The first-order valence-corrected chi connectivity index (χ1v) is 4.43. The fourth-order valence-corrected chi connectivity index (χ4v) is 1.34. The van der Waals surface area contributed by atoms with Gasteiger partial charge in [0, 0.05) is 12.1 Å². The van der Waals surface area contributed by atoms with Crippen LogP contribution in [-0.4, -0.2) is 12.1 Å². The second-order valence-corrected chi connectivity index (χ2v) is 3.42. The summed E-state index contributed by atoms with van der Waals surface area (Å²) < 4.78 is 13.1. The SMILES string of the molecule is N#Cc1c(F)cccc1NC1CC1N. The van der Waals surface area contributed by atoms with Crippen molar-refractivity contribution in [2.75, 3.05) is 5.32 Å². The Balaban J connectivity index is 2.24. The average molecular weight is 191 g/mol. The lowest BCUT2D eigenvalue weighted by Gasteiger charge is -2.06. The van der Waals surface area contributed by atoms with E-state index in [9.17, 15) is 4.39 Å². The molecule has 2 unspecified atom stereocenters. The van der Waals surface area contributed by atoms with Gasteiger partial charge in [-0.05, 0) is 18.6 Å². The summed E-state index contributed by atoms with van der Waals surface area (Å²) in [5.41, 5.74) is 6.20. The summed E-state index contributed by atoms with van der Waals surface area (Å²) in [6.07, 6.45) is 0.876. The highest BCUT2D eigenvalue weighted by Gasteiger charge is 2.33. The second-order valence-electron chi connectivity index (χ2n) is 3.42. The van der Waals surface area contributed by atoms with Crippen molar-refractivity contribution >= 4 is 5.69 Å². The first-order chi connectivity index (χ1) is 6.72. The molecule has 1 aliphatic rings. The molecule has 3 N–H and O–H groups in total. The van der Waals surface area contributed by atoms with Crippen LogP contribution in [0.4, 0.5) is 10.1 Å². The number of benzene rings is 1. The standard InChI is InChI=1S/C10H10FN3/c11-7-2-1-3-9(6(7)5-12)14-10-4-8(10)13/h1-3,8,10,14H,4,13H2. The fourth-order valence-electron chi connectivity index (χ4n) is 1.34. The summed E-state index contributed by atoms with van der Waals surface area (Å²) >= 11 is 0. The zero-order valence-corrected chi connectivity index (χ0v) is 7.50. The third kappa shape index (κ3) is 1.54. The van der Waals surface area contributed by atoms with Crippen molar-refractivity contribution in [1.82, 2.24) is 0 Å². The largest absolute Gasteiger partial charge is 0.380 e. The number of rotatable bonds is 2. The maximum Gasteiger partial charge on any atom is 0.143 e. The fraction of sp³-hybridized carbons (Fsp3) is 0.300. The normalized spacial score (nSPS) is 24.1. The maximum absolute atomic E-state index is 13.1. The molecule has 72 valence electrons. The quantitative estimate of drug-likeness (QED) is 0.738. The molecule has 0 aromatic heterocycles. The number of anilines is 1. The van der Waals surface area contributed by atoms with Crippen LogP contribution in [0.25, 0.3) is 0 Å². The number of nitrogens with two attached hydrogens (primary N) is 1. The van der Waals surface area contributed by atoms with E-state index >= 15 is 0 Å². The molecule has 1 aromatic carbocycles. The van der Waals surface area contributed by atoms with Crippen LogP contribution in [0.5, 0.6) is 0 Å². The van der Waals surface area contributed by atoms with Crippen LogP contribution in [0.1, 0.15) is 12.0 Å². The van der Waals surface area contributed by atoms with E-state index in [4.69, 9.17) is 11.0 Å². The molecule has 1 saturated carbocycles. The third-order valence-electron chi connectivity index (χ3n) is 2.31. The lowest BCUT2D eigenvalue weighted by Crippen LogP contribution is -2.14. The predicted molar refractivity (Wildman–Crippen MR) is 51.1 cm³/mol. The number of nitriles is 1. The van der Waals surface area contributed by atoms with Crippen LogP contribution in [-0.2, 0) is 0 Å². The monoisotopic (exact) mass is 191 g/mol. The van der Waals surface area contributed by atoms with Crippen molar-refractivity contribution in [2.24, 2.45) is 5.73 Å². The smallest absolute Gasteiger partial charge is 0.143 e. The first-order valence-electron chi connectivity index (χ1n) is 4.43. The number of nitrogens with zero attached hydrogens (tertiary/aromatic N) is 1. The van der Waals surface area contributed by atoms with Gasteiger partial charge in [-0.25, -0.2) is 4.39 Å². The molecule has 3 nitrogen and oxygen atoms in total. The van der Waals surface area contributed by atoms with Crippen LogP contribution < -0.4 is 11.1 Å². The van der Waals surface area contributed by atoms with Crippen molar-refractivity contribution in [3.63, 3.8) is 0 Å². The lowest BCUT2D eigenvalue weighted by atomic mass is 10.2. The second kappa shape index (κ2) is 3.28. The summed E-state index contributed by atoms with van der Waals surface area (Å²) in [6.45, 7) is 0. The van der Waals surface area contributed by atoms with Gasteiger partial charge in [0.25, 0.3) is 0 Å². The van der Waals surface area contributed by atoms with Crippen molar-refractivity contribution in [1.29, 1.82) is 5.26 Å². The molecule has 2 rings (SSSR count). The summed E-state index contributed by atoms with van der Waals surface area (Å²) in [5.74, 6) is -0.494. The van der Waals surface area contributed by atoms with E-state index in [0.717, 1.165) is 6.42 Å². The summed E-state index contributed by atoms with van der Waals surface area (Å²) in [5, 5.41) is 11.8. The predicted octanol–water partition coefficient (Wildman–Crippen LogP) is 1.21. The highest BCUT2D eigenvalue weighted by Crippen LogP contribution is 2.26. The van der Waals surface area contributed by atoms with Gasteiger partial charge >= 0.3 is 0 Å². The molecular weight excluding hydrogens is 181 g/mol. The molecule has 0 spiro atoms. The van der Waals surface area contributed by atoms with E-state index in [2.05, 4.69) is 5.32 Å². The van der Waals surface area contributed by atoms with E-state index in [1.807, 2.05) is 6.07 Å². The van der Waals surface area contributed by atoms with Crippen molar-refractivity contribution in [3.05, 3.63) is 29.6 Å². The molecule has 0 heterocycles. The Hall–Kier alpha value is -1.60. The molecule has 4 heteroatoms. The van der Waals surface area contributed by atoms with Gasteiger partial charge in [-0.2, -0.15) is 5.26 Å². The van der Waals surface area contributed by atoms with Gasteiger partial charge < -0.3 is 11.1 Å². The van der Waals surface area contributed by atoms with E-state index in [0.29, 0.717) is 5.69 Å². The van der Waals surface area contributed by atoms with Gasteiger partial charge in [-0.3, -0.25) is 0 Å². The molecule has 1 aromatic rings. The average Bonchev–Trinajstić information content (AvgIpc) is 2.82. The summed E-state index contributed by atoms with van der Waals surface area (Å²) in [4.78, 5) is 0. The molecule has 0 bridgehead atoms. The van der Waals surface area contributed by atoms with E-state index < -0.39 is 5.82 Å². The number of hydrogen-bond acceptors (Lipinski definition) is 3. The summed E-state index contributed by atoms with van der Waals surface area (Å²) in [6, 6.07) is 6.68. The maximum atomic E-state index is 13.1. The topological polar surface area (TPSA) is 61.8 Å². The van der Waals surface area contributed by atoms with Gasteiger partial charge in [0.05, 0.1) is 5.69 Å². The van der Waals surface area contributed by atoms with E-state index in [-0.39, 0.29) is 17.6 Å². The van der Waals surface area contributed by atoms with Gasteiger partial charge in [-0.15, -0.1) is 0 Å². The number of hydrogen-bond donors (Lipinski definition) is 2. The van der Waals surface area contributed by atoms with Gasteiger partial charge in [0.2, 0.25) is 0 Å². The molecule has 2 atom stereocenters. The van der Waals surface area contributed by atoms with Crippen LogP contribution in [0.3, 0.4) is 0 Å². The van der Waals surface area contributed by atoms with Gasteiger partial charge in [0.15, 0.2) is 0 Å². The summed E-state index contributed by atoms with van der Waals surface area (Å²) in [7, 11) is 0. The first kappa shape index (κ1) is 8.97. The molecule has 0 aliphatic heterocycles. The Morgan fingerprint density at radius 1 is 1.57 bits per heavy atom. The minimum Gasteiger partial charge on any atom is -0.380 e. The Morgan fingerprint density at radius 3 is 2.86 bits per heavy atom. The Labute approximate surface area is 81.3 Å². The lowest BCUT2D eigenvalue weighted by molar-refractivity contribution is 0.624. The number of halogens is 1. The Morgan fingerprint density at radius 2 is 2.29 bits per heavy atom. The van der Waals surface area contributed by atoms with Crippen molar-refractivity contribution < 1.29 is 4.39 Å². The van der Waals surface area contributed by atoms with Crippen LogP contribution in [0, 0.1) is 17.1 Å². The van der Waals surface area contributed by atoms with Crippen molar-refractivity contribution in [3.8, 4) is 6.07 Å². The molecule has 1 fully saturated rings. The Bertz CT molecular complexity index is 397. The van der Waals surface area contributed by atoms with E-state index in [1.54, 1.807) is 12.1 Å². The molecule has 0 amide bonds.